The predicted octanol–water partition coefficient (Wildman–Crippen LogP) is 4.10. The molecule has 1 unspecified atom stereocenters. The van der Waals surface area contributed by atoms with Crippen LogP contribution in [-0.4, -0.2) is 0 Å². The van der Waals surface area contributed by atoms with Crippen LogP contribution in [0.25, 0.3) is 0 Å². The third-order valence-corrected chi connectivity index (χ3v) is 2.88. The molecule has 0 aromatic rings. The molecular weight excluding hydrogens is 132 g/mol. The quantitative estimate of drug-likeness (QED) is 0.574. The fourth-order valence-electron chi connectivity index (χ4n) is 1.81. The van der Waals surface area contributed by atoms with Gasteiger partial charge in [-0.15, -0.1) is 0 Å². The van der Waals surface area contributed by atoms with Crippen LogP contribution in [0.4, 0.5) is 0 Å². The molecule has 0 saturated carbocycles. The maximum Gasteiger partial charge on any atom is -0.0326 e. The highest BCUT2D eigenvalue weighted by Crippen LogP contribution is 2.35. The minimum Gasteiger partial charge on any atom is -0.0651 e. The molecule has 0 heteroatoms. The lowest BCUT2D eigenvalue weighted by Gasteiger charge is -2.32. The highest BCUT2D eigenvalue weighted by Gasteiger charge is 2.24. The summed E-state index contributed by atoms with van der Waals surface area (Å²) >= 11 is 0. The van der Waals surface area contributed by atoms with Gasteiger partial charge in [0.15, 0.2) is 0 Å². The fraction of sp³-hybridized carbons (Fsp3) is 1.00. The number of hydrogen-bond donors (Lipinski definition) is 0. The number of hydrogen-bond acceptors (Lipinski definition) is 0. The van der Waals surface area contributed by atoms with E-state index < -0.39 is 0 Å². The standard InChI is InChI=1S/C11H24/c1-7-10(4)11(5,6)8-9(2)3/h9-10H,7-8H2,1-6H3. The topological polar surface area (TPSA) is 0 Å². The average molecular weight is 156 g/mol. The van der Waals surface area contributed by atoms with Crippen molar-refractivity contribution in [3.8, 4) is 0 Å². The van der Waals surface area contributed by atoms with E-state index in [0.29, 0.717) is 5.41 Å². The summed E-state index contributed by atoms with van der Waals surface area (Å²) in [6.07, 6.45) is 2.65. The first-order valence-corrected chi connectivity index (χ1v) is 4.90. The zero-order valence-corrected chi connectivity index (χ0v) is 9.07. The summed E-state index contributed by atoms with van der Waals surface area (Å²) in [6.45, 7) is 14.0. The molecule has 0 rings (SSSR count). The van der Waals surface area contributed by atoms with Crippen LogP contribution in [0, 0.1) is 17.3 Å². The van der Waals surface area contributed by atoms with Gasteiger partial charge in [-0.2, -0.15) is 0 Å². The van der Waals surface area contributed by atoms with Gasteiger partial charge in [-0.3, -0.25) is 0 Å². The molecule has 0 aliphatic heterocycles. The molecule has 0 saturated heterocycles. The number of rotatable bonds is 4. The lowest BCUT2D eigenvalue weighted by Crippen LogP contribution is -2.22. The van der Waals surface area contributed by atoms with E-state index in [-0.39, 0.29) is 0 Å². The molecule has 0 spiro atoms. The fourth-order valence-corrected chi connectivity index (χ4v) is 1.81. The van der Waals surface area contributed by atoms with Gasteiger partial charge >= 0.3 is 0 Å². The monoisotopic (exact) mass is 156 g/mol. The van der Waals surface area contributed by atoms with Crippen LogP contribution >= 0.6 is 0 Å². The molecule has 0 bridgehead atoms. The zero-order valence-electron chi connectivity index (χ0n) is 9.07. The first-order valence-electron chi connectivity index (χ1n) is 4.90. The maximum atomic E-state index is 2.39. The second kappa shape index (κ2) is 4.13. The molecule has 11 heavy (non-hydrogen) atoms. The maximum absolute atomic E-state index is 2.39. The van der Waals surface area contributed by atoms with E-state index in [9.17, 15) is 0 Å². The van der Waals surface area contributed by atoms with Crippen molar-refractivity contribution in [3.05, 3.63) is 0 Å². The van der Waals surface area contributed by atoms with Crippen LogP contribution in [0.5, 0.6) is 0 Å². The Kier molecular flexibility index (Phi) is 4.13. The SMILES string of the molecule is CCC(C)C(C)(C)CC(C)C. The average Bonchev–Trinajstić information content (AvgIpc) is 1.83. The van der Waals surface area contributed by atoms with Crippen molar-refractivity contribution in [2.75, 3.05) is 0 Å². The molecule has 0 amide bonds. The van der Waals surface area contributed by atoms with E-state index in [4.69, 9.17) is 0 Å². The highest BCUT2D eigenvalue weighted by molar-refractivity contribution is 4.75. The third kappa shape index (κ3) is 3.79. The minimum atomic E-state index is 0.531. The van der Waals surface area contributed by atoms with Crippen molar-refractivity contribution in [3.63, 3.8) is 0 Å². The van der Waals surface area contributed by atoms with Crippen LogP contribution in [0.1, 0.15) is 54.4 Å². The van der Waals surface area contributed by atoms with Crippen molar-refractivity contribution in [2.45, 2.75) is 54.4 Å². The van der Waals surface area contributed by atoms with Gasteiger partial charge in [-0.25, -0.2) is 0 Å². The summed E-state index contributed by atoms with van der Waals surface area (Å²) in [6, 6.07) is 0. The van der Waals surface area contributed by atoms with Crippen LogP contribution in [0.2, 0.25) is 0 Å². The van der Waals surface area contributed by atoms with Crippen LogP contribution in [0.3, 0.4) is 0 Å². The molecule has 0 aliphatic carbocycles. The summed E-state index contributed by atoms with van der Waals surface area (Å²) < 4.78 is 0. The van der Waals surface area contributed by atoms with Crippen molar-refractivity contribution < 1.29 is 0 Å². The Morgan fingerprint density at radius 1 is 1.09 bits per heavy atom. The van der Waals surface area contributed by atoms with Crippen LogP contribution in [-0.2, 0) is 0 Å². The molecule has 1 atom stereocenters. The molecule has 0 radical (unpaired) electrons. The molecule has 0 fully saturated rings. The first-order chi connectivity index (χ1) is 4.90. The first kappa shape index (κ1) is 11.0. The van der Waals surface area contributed by atoms with Crippen LogP contribution in [0.15, 0.2) is 0 Å². The van der Waals surface area contributed by atoms with E-state index >= 15 is 0 Å². The van der Waals surface area contributed by atoms with Gasteiger partial charge in [0.2, 0.25) is 0 Å². The van der Waals surface area contributed by atoms with Gasteiger partial charge in [0.05, 0.1) is 0 Å². The Hall–Kier alpha value is 0. The molecule has 0 aliphatic rings. The van der Waals surface area contributed by atoms with Gasteiger partial charge in [-0.05, 0) is 23.7 Å². The minimum absolute atomic E-state index is 0.531. The van der Waals surface area contributed by atoms with E-state index in [2.05, 4.69) is 41.5 Å². The van der Waals surface area contributed by atoms with E-state index in [1.54, 1.807) is 0 Å². The van der Waals surface area contributed by atoms with Gasteiger partial charge in [-0.1, -0.05) is 48.0 Å². The normalized spacial score (nSPS) is 15.5. The largest absolute Gasteiger partial charge is 0.0651 e. The Labute approximate surface area is 72.4 Å². The molecule has 0 N–H and O–H groups in total. The van der Waals surface area contributed by atoms with Crippen LogP contribution < -0.4 is 0 Å². The summed E-state index contributed by atoms with van der Waals surface area (Å²) in [5.74, 6) is 1.68. The predicted molar refractivity (Wildman–Crippen MR) is 52.7 cm³/mol. The highest BCUT2D eigenvalue weighted by atomic mass is 14.3. The molecule has 68 valence electrons. The van der Waals surface area contributed by atoms with Crippen molar-refractivity contribution in [1.82, 2.24) is 0 Å². The lowest BCUT2D eigenvalue weighted by molar-refractivity contribution is 0.180. The van der Waals surface area contributed by atoms with Gasteiger partial charge in [0.1, 0.15) is 0 Å². The van der Waals surface area contributed by atoms with Crippen molar-refractivity contribution >= 4 is 0 Å². The zero-order chi connectivity index (χ0) is 9.07. The molecule has 0 aromatic carbocycles. The summed E-state index contributed by atoms with van der Waals surface area (Å²) in [7, 11) is 0. The van der Waals surface area contributed by atoms with E-state index in [1.807, 2.05) is 0 Å². The van der Waals surface area contributed by atoms with Gasteiger partial charge < -0.3 is 0 Å². The summed E-state index contributed by atoms with van der Waals surface area (Å²) in [5, 5.41) is 0. The van der Waals surface area contributed by atoms with E-state index in [1.165, 1.54) is 12.8 Å². The Morgan fingerprint density at radius 2 is 1.55 bits per heavy atom. The second-order valence-electron chi connectivity index (χ2n) is 4.90. The van der Waals surface area contributed by atoms with Crippen molar-refractivity contribution in [2.24, 2.45) is 17.3 Å². The second-order valence-corrected chi connectivity index (χ2v) is 4.90. The molecule has 0 nitrogen and oxygen atoms in total. The Balaban J connectivity index is 3.98. The third-order valence-electron chi connectivity index (χ3n) is 2.88. The molecule has 0 aromatic heterocycles. The molecule has 0 heterocycles. The van der Waals surface area contributed by atoms with E-state index in [0.717, 1.165) is 11.8 Å². The molecular formula is C11H24. The summed E-state index contributed by atoms with van der Waals surface area (Å²) in [4.78, 5) is 0. The Bertz CT molecular complexity index is 101. The van der Waals surface area contributed by atoms with Gasteiger partial charge in [0.25, 0.3) is 0 Å². The smallest absolute Gasteiger partial charge is 0.0326 e. The van der Waals surface area contributed by atoms with Gasteiger partial charge in [0, 0.05) is 0 Å². The lowest BCUT2D eigenvalue weighted by atomic mass is 9.73. The Morgan fingerprint density at radius 3 is 1.82 bits per heavy atom. The summed E-state index contributed by atoms with van der Waals surface area (Å²) in [5.41, 5.74) is 0.531. The van der Waals surface area contributed by atoms with Crippen molar-refractivity contribution in [1.29, 1.82) is 0 Å².